The number of hydrogen-bond donors (Lipinski definition) is 2. The van der Waals surface area contributed by atoms with Gasteiger partial charge in [-0.1, -0.05) is 30.3 Å². The SMILES string of the molecule is NC(=O)c1ccc(NC(=O)Cn2nc(-c3ccccc3)ccc2=O)cc1. The van der Waals surface area contributed by atoms with Gasteiger partial charge in [0.1, 0.15) is 6.54 Å². The van der Waals surface area contributed by atoms with Gasteiger partial charge in [0.05, 0.1) is 5.69 Å². The molecule has 0 aliphatic heterocycles. The average molecular weight is 348 g/mol. The quantitative estimate of drug-likeness (QED) is 0.731. The van der Waals surface area contributed by atoms with Crippen molar-refractivity contribution in [3.8, 4) is 11.3 Å². The molecule has 0 saturated carbocycles. The van der Waals surface area contributed by atoms with Crippen molar-refractivity contribution in [2.75, 3.05) is 5.32 Å². The van der Waals surface area contributed by atoms with Crippen LogP contribution in [0.2, 0.25) is 0 Å². The number of aromatic nitrogens is 2. The van der Waals surface area contributed by atoms with E-state index in [-0.39, 0.29) is 12.1 Å². The molecule has 0 aliphatic carbocycles. The number of carbonyl (C=O) groups is 2. The van der Waals surface area contributed by atoms with E-state index in [0.717, 1.165) is 10.2 Å². The molecule has 0 unspecified atom stereocenters. The Kier molecular flexibility index (Phi) is 4.89. The molecule has 26 heavy (non-hydrogen) atoms. The molecule has 0 fully saturated rings. The Bertz CT molecular complexity index is 995. The number of carbonyl (C=O) groups excluding carboxylic acids is 2. The lowest BCUT2D eigenvalue weighted by molar-refractivity contribution is -0.117. The van der Waals surface area contributed by atoms with Crippen molar-refractivity contribution in [2.45, 2.75) is 6.54 Å². The van der Waals surface area contributed by atoms with Crippen molar-refractivity contribution in [3.05, 3.63) is 82.6 Å². The van der Waals surface area contributed by atoms with Crippen molar-refractivity contribution in [1.29, 1.82) is 0 Å². The fraction of sp³-hybridized carbons (Fsp3) is 0.0526. The van der Waals surface area contributed by atoms with Crippen molar-refractivity contribution in [2.24, 2.45) is 5.73 Å². The molecule has 0 spiro atoms. The Morgan fingerprint density at radius 1 is 0.962 bits per heavy atom. The first-order valence-corrected chi connectivity index (χ1v) is 7.86. The minimum Gasteiger partial charge on any atom is -0.366 e. The molecule has 1 heterocycles. The van der Waals surface area contributed by atoms with Crippen molar-refractivity contribution >= 4 is 17.5 Å². The molecule has 7 nitrogen and oxygen atoms in total. The fourth-order valence-corrected chi connectivity index (χ4v) is 2.38. The zero-order valence-electron chi connectivity index (χ0n) is 13.8. The molecule has 1 aromatic heterocycles. The van der Waals surface area contributed by atoms with Gasteiger partial charge >= 0.3 is 0 Å². The largest absolute Gasteiger partial charge is 0.366 e. The summed E-state index contributed by atoms with van der Waals surface area (Å²) in [6.45, 7) is -0.225. The van der Waals surface area contributed by atoms with Crippen LogP contribution in [0.5, 0.6) is 0 Å². The van der Waals surface area contributed by atoms with E-state index in [0.29, 0.717) is 16.9 Å². The maximum atomic E-state index is 12.2. The molecule has 0 radical (unpaired) electrons. The standard InChI is InChI=1S/C19H16N4O3/c20-19(26)14-6-8-15(9-7-14)21-17(24)12-23-18(25)11-10-16(22-23)13-4-2-1-3-5-13/h1-11H,12H2,(H2,20,26)(H,21,24). The van der Waals surface area contributed by atoms with Gasteiger partial charge in [-0.2, -0.15) is 5.10 Å². The highest BCUT2D eigenvalue weighted by Gasteiger charge is 2.09. The summed E-state index contributed by atoms with van der Waals surface area (Å²) in [4.78, 5) is 35.2. The van der Waals surface area contributed by atoms with Gasteiger partial charge in [-0.25, -0.2) is 4.68 Å². The molecule has 130 valence electrons. The molecule has 3 aromatic rings. The normalized spacial score (nSPS) is 10.3. The Morgan fingerprint density at radius 2 is 1.65 bits per heavy atom. The second-order valence-corrected chi connectivity index (χ2v) is 5.57. The van der Waals surface area contributed by atoms with Crippen LogP contribution in [0.3, 0.4) is 0 Å². The third-order valence-corrected chi connectivity index (χ3v) is 3.68. The summed E-state index contributed by atoms with van der Waals surface area (Å²) in [5, 5.41) is 6.90. The van der Waals surface area contributed by atoms with Gasteiger partial charge in [0.15, 0.2) is 0 Å². The minimum atomic E-state index is -0.545. The zero-order chi connectivity index (χ0) is 18.5. The van der Waals surface area contributed by atoms with Crippen LogP contribution in [0.25, 0.3) is 11.3 Å². The van der Waals surface area contributed by atoms with Crippen molar-refractivity contribution in [1.82, 2.24) is 9.78 Å². The van der Waals surface area contributed by atoms with Crippen LogP contribution in [0.15, 0.2) is 71.5 Å². The number of rotatable bonds is 5. The summed E-state index contributed by atoms with van der Waals surface area (Å²) in [6.07, 6.45) is 0. The zero-order valence-corrected chi connectivity index (χ0v) is 13.8. The molecule has 0 saturated heterocycles. The van der Waals surface area contributed by atoms with Crippen LogP contribution < -0.4 is 16.6 Å². The van der Waals surface area contributed by atoms with E-state index in [9.17, 15) is 14.4 Å². The van der Waals surface area contributed by atoms with Gasteiger partial charge in [0, 0.05) is 22.9 Å². The van der Waals surface area contributed by atoms with Gasteiger partial charge < -0.3 is 11.1 Å². The molecule has 0 aliphatic rings. The van der Waals surface area contributed by atoms with Gasteiger partial charge in [0.25, 0.3) is 5.56 Å². The predicted octanol–water partition coefficient (Wildman–Crippen LogP) is 1.65. The number of nitrogens with zero attached hydrogens (tertiary/aromatic N) is 2. The minimum absolute atomic E-state index is 0.225. The summed E-state index contributed by atoms with van der Waals surface area (Å²) < 4.78 is 1.11. The van der Waals surface area contributed by atoms with E-state index in [2.05, 4.69) is 10.4 Å². The van der Waals surface area contributed by atoms with Gasteiger partial charge in [-0.15, -0.1) is 0 Å². The van der Waals surface area contributed by atoms with Crippen LogP contribution in [0, 0.1) is 0 Å². The first kappa shape index (κ1) is 17.1. The molecular formula is C19H16N4O3. The van der Waals surface area contributed by atoms with E-state index < -0.39 is 11.8 Å². The summed E-state index contributed by atoms with van der Waals surface area (Å²) in [6, 6.07) is 18.5. The van der Waals surface area contributed by atoms with E-state index in [1.165, 1.54) is 18.2 Å². The van der Waals surface area contributed by atoms with Gasteiger partial charge in [-0.05, 0) is 30.3 Å². The number of nitrogens with one attached hydrogen (secondary N) is 1. The molecule has 0 atom stereocenters. The predicted molar refractivity (Wildman–Crippen MR) is 97.5 cm³/mol. The third kappa shape index (κ3) is 4.02. The van der Waals surface area contributed by atoms with Crippen LogP contribution in [0.4, 0.5) is 5.69 Å². The van der Waals surface area contributed by atoms with Crippen LogP contribution in [-0.4, -0.2) is 21.6 Å². The Hall–Kier alpha value is -3.74. The number of primary amides is 1. The van der Waals surface area contributed by atoms with Gasteiger partial charge in [-0.3, -0.25) is 14.4 Å². The summed E-state index contributed by atoms with van der Waals surface area (Å²) >= 11 is 0. The number of anilines is 1. The van der Waals surface area contributed by atoms with Crippen LogP contribution in [0.1, 0.15) is 10.4 Å². The van der Waals surface area contributed by atoms with Gasteiger partial charge in [0.2, 0.25) is 11.8 Å². The lowest BCUT2D eigenvalue weighted by atomic mass is 10.1. The average Bonchev–Trinajstić information content (AvgIpc) is 2.64. The molecule has 3 rings (SSSR count). The van der Waals surface area contributed by atoms with E-state index in [1.54, 1.807) is 18.2 Å². The highest BCUT2D eigenvalue weighted by Crippen LogP contribution is 2.14. The molecule has 0 bridgehead atoms. The lowest BCUT2D eigenvalue weighted by Gasteiger charge is -2.08. The van der Waals surface area contributed by atoms with E-state index in [4.69, 9.17) is 5.73 Å². The van der Waals surface area contributed by atoms with Crippen LogP contribution >= 0.6 is 0 Å². The number of hydrogen-bond acceptors (Lipinski definition) is 4. The van der Waals surface area contributed by atoms with Crippen molar-refractivity contribution in [3.63, 3.8) is 0 Å². The van der Waals surface area contributed by atoms with Crippen LogP contribution in [-0.2, 0) is 11.3 Å². The summed E-state index contributed by atoms with van der Waals surface area (Å²) in [7, 11) is 0. The van der Waals surface area contributed by atoms with E-state index >= 15 is 0 Å². The summed E-state index contributed by atoms with van der Waals surface area (Å²) in [5.74, 6) is -0.951. The fourth-order valence-electron chi connectivity index (χ4n) is 2.38. The lowest BCUT2D eigenvalue weighted by Crippen LogP contribution is -2.29. The maximum absolute atomic E-state index is 12.2. The van der Waals surface area contributed by atoms with Crippen molar-refractivity contribution < 1.29 is 9.59 Å². The first-order valence-electron chi connectivity index (χ1n) is 7.86. The molecule has 3 N–H and O–H groups in total. The monoisotopic (exact) mass is 348 g/mol. The highest BCUT2D eigenvalue weighted by atomic mass is 16.2. The maximum Gasteiger partial charge on any atom is 0.267 e. The summed E-state index contributed by atoms with van der Waals surface area (Å²) in [5.41, 5.74) is 7.09. The molecule has 7 heteroatoms. The third-order valence-electron chi connectivity index (χ3n) is 3.68. The molecular weight excluding hydrogens is 332 g/mol. The molecule has 2 aromatic carbocycles. The number of benzene rings is 2. The molecule has 2 amide bonds. The number of nitrogens with two attached hydrogens (primary N) is 1. The van der Waals surface area contributed by atoms with E-state index in [1.807, 2.05) is 30.3 Å². The highest BCUT2D eigenvalue weighted by molar-refractivity contribution is 5.94. The smallest absolute Gasteiger partial charge is 0.267 e. The second-order valence-electron chi connectivity index (χ2n) is 5.57. The Morgan fingerprint density at radius 3 is 2.31 bits per heavy atom. The second kappa shape index (κ2) is 7.43. The topological polar surface area (TPSA) is 107 Å². The Balaban J connectivity index is 1.74. The number of amides is 2. The Labute approximate surface area is 149 Å². The first-order chi connectivity index (χ1) is 12.5.